The second-order valence-corrected chi connectivity index (χ2v) is 8.60. The van der Waals surface area contributed by atoms with Gasteiger partial charge in [-0.05, 0) is 53.3 Å². The van der Waals surface area contributed by atoms with Crippen LogP contribution in [0.25, 0.3) is 0 Å². The van der Waals surface area contributed by atoms with E-state index in [0.29, 0.717) is 29.2 Å². The topological polar surface area (TPSA) is 77.0 Å². The molecular formula is C15H24BIN4. The van der Waals surface area contributed by atoms with Crippen molar-refractivity contribution in [2.75, 3.05) is 13.6 Å². The minimum atomic E-state index is -0.0272. The molecule has 2 saturated carbocycles. The maximum Gasteiger partial charge on any atom is 0.139 e. The number of hydrogen-bond donors (Lipinski definition) is 3. The SMILES string of the molecule is [B]C1(I)CCCC(CN(C)/C(=C\C(C)=N)C(=N)N)[C@@H]2CC21. The van der Waals surface area contributed by atoms with Crippen molar-refractivity contribution >= 4 is 42.0 Å². The molecular weight excluding hydrogens is 374 g/mol. The van der Waals surface area contributed by atoms with Crippen molar-refractivity contribution in [3.05, 3.63) is 11.8 Å². The van der Waals surface area contributed by atoms with Crippen LogP contribution in [0.4, 0.5) is 0 Å². The van der Waals surface area contributed by atoms with Gasteiger partial charge in [0.1, 0.15) is 5.84 Å². The van der Waals surface area contributed by atoms with Crippen LogP contribution in [-0.2, 0) is 0 Å². The first kappa shape index (κ1) is 16.8. The second kappa shape index (κ2) is 6.30. The van der Waals surface area contributed by atoms with Gasteiger partial charge < -0.3 is 16.0 Å². The Hall–Kier alpha value is -0.525. The molecule has 0 aromatic heterocycles. The van der Waals surface area contributed by atoms with Gasteiger partial charge in [-0.15, -0.1) is 0 Å². The number of halogens is 1. The highest BCUT2D eigenvalue weighted by Gasteiger charge is 2.52. The van der Waals surface area contributed by atoms with Crippen LogP contribution in [0.2, 0.25) is 0 Å². The van der Waals surface area contributed by atoms with E-state index in [4.69, 9.17) is 24.4 Å². The minimum absolute atomic E-state index is 0.0272. The van der Waals surface area contributed by atoms with Gasteiger partial charge in [0.2, 0.25) is 0 Å². The third kappa shape index (κ3) is 4.02. The molecule has 114 valence electrons. The summed E-state index contributed by atoms with van der Waals surface area (Å²) in [6, 6.07) is 0. The fourth-order valence-electron chi connectivity index (χ4n) is 3.60. The van der Waals surface area contributed by atoms with Crippen molar-refractivity contribution < 1.29 is 0 Å². The van der Waals surface area contributed by atoms with Gasteiger partial charge in [0.15, 0.2) is 0 Å². The Labute approximate surface area is 142 Å². The van der Waals surface area contributed by atoms with Crippen LogP contribution in [0.15, 0.2) is 11.8 Å². The molecule has 3 unspecified atom stereocenters. The van der Waals surface area contributed by atoms with Crippen LogP contribution in [0.1, 0.15) is 32.6 Å². The largest absolute Gasteiger partial charge is 0.382 e. The Morgan fingerprint density at radius 3 is 2.76 bits per heavy atom. The van der Waals surface area contributed by atoms with Crippen LogP contribution in [-0.4, -0.2) is 41.2 Å². The summed E-state index contributed by atoms with van der Waals surface area (Å²) in [5, 5.41) is 15.3. The lowest BCUT2D eigenvalue weighted by molar-refractivity contribution is 0.298. The summed E-state index contributed by atoms with van der Waals surface area (Å²) in [6.07, 6.45) is 6.38. The van der Waals surface area contributed by atoms with E-state index in [-0.39, 0.29) is 9.16 Å². The molecule has 0 aromatic rings. The monoisotopic (exact) mass is 398 g/mol. The second-order valence-electron chi connectivity index (χ2n) is 6.59. The van der Waals surface area contributed by atoms with E-state index in [2.05, 4.69) is 22.6 Å². The van der Waals surface area contributed by atoms with Crippen molar-refractivity contribution in [1.29, 1.82) is 10.8 Å². The number of rotatable bonds is 5. The van der Waals surface area contributed by atoms with Gasteiger partial charge in [0.05, 0.1) is 13.5 Å². The number of nitrogens with zero attached hydrogens (tertiary/aromatic N) is 1. The highest BCUT2D eigenvalue weighted by atomic mass is 127. The van der Waals surface area contributed by atoms with Crippen molar-refractivity contribution in [3.63, 3.8) is 0 Å². The van der Waals surface area contributed by atoms with Crippen molar-refractivity contribution in [2.45, 2.75) is 35.9 Å². The van der Waals surface area contributed by atoms with Gasteiger partial charge >= 0.3 is 0 Å². The van der Waals surface area contributed by atoms with Crippen molar-refractivity contribution in [2.24, 2.45) is 23.5 Å². The number of fused-ring (bicyclic) bond motifs is 1. The van der Waals surface area contributed by atoms with Crippen LogP contribution in [0.3, 0.4) is 0 Å². The molecule has 0 heterocycles. The maximum atomic E-state index is 7.71. The Morgan fingerprint density at radius 1 is 1.52 bits per heavy atom. The number of nitrogens with two attached hydrogens (primary N) is 1. The molecule has 2 aliphatic rings. The Bertz CT molecular complexity index is 474. The average Bonchev–Trinajstić information content (AvgIpc) is 3.14. The van der Waals surface area contributed by atoms with E-state index in [9.17, 15) is 0 Å². The predicted molar refractivity (Wildman–Crippen MR) is 97.5 cm³/mol. The van der Waals surface area contributed by atoms with E-state index in [1.807, 2.05) is 11.9 Å². The minimum Gasteiger partial charge on any atom is -0.382 e. The van der Waals surface area contributed by atoms with Gasteiger partial charge in [-0.2, -0.15) is 0 Å². The van der Waals surface area contributed by atoms with Crippen LogP contribution < -0.4 is 5.73 Å². The van der Waals surface area contributed by atoms with Gasteiger partial charge in [-0.25, -0.2) is 0 Å². The fraction of sp³-hybridized carbons (Fsp3) is 0.733. The van der Waals surface area contributed by atoms with Gasteiger partial charge in [-0.3, -0.25) is 5.41 Å². The first-order chi connectivity index (χ1) is 9.72. The molecule has 6 heteroatoms. The van der Waals surface area contributed by atoms with Crippen LogP contribution in [0, 0.1) is 28.6 Å². The van der Waals surface area contributed by atoms with Crippen molar-refractivity contribution in [1.82, 2.24) is 4.90 Å². The quantitative estimate of drug-likeness (QED) is 0.219. The first-order valence-corrected chi connectivity index (χ1v) is 8.60. The number of allylic oxidation sites excluding steroid dienone is 1. The molecule has 2 rings (SSSR count). The molecule has 21 heavy (non-hydrogen) atoms. The number of likely N-dealkylation sites (N-methyl/N-ethyl adjacent to an activating group) is 1. The van der Waals surface area contributed by atoms with Gasteiger partial charge in [-0.1, -0.05) is 29.0 Å². The average molecular weight is 398 g/mol. The normalized spacial score (nSPS) is 35.6. The summed E-state index contributed by atoms with van der Waals surface area (Å²) in [4.78, 5) is 2.04. The van der Waals surface area contributed by atoms with E-state index < -0.39 is 0 Å². The number of amidine groups is 1. The van der Waals surface area contributed by atoms with Crippen LogP contribution >= 0.6 is 22.6 Å². The van der Waals surface area contributed by atoms with E-state index >= 15 is 0 Å². The van der Waals surface area contributed by atoms with Gasteiger partial charge in [0.25, 0.3) is 0 Å². The molecule has 2 aliphatic carbocycles. The Kier molecular flexibility index (Phi) is 5.05. The van der Waals surface area contributed by atoms with E-state index in [1.165, 1.54) is 19.3 Å². The number of alkyl halides is 1. The van der Waals surface area contributed by atoms with Crippen molar-refractivity contribution in [3.8, 4) is 0 Å². The molecule has 2 radical (unpaired) electrons. The molecule has 4 N–H and O–H groups in total. The lowest BCUT2D eigenvalue weighted by atomic mass is 9.79. The summed E-state index contributed by atoms with van der Waals surface area (Å²) < 4.78 is -0.0272. The Balaban J connectivity index is 2.04. The zero-order valence-electron chi connectivity index (χ0n) is 12.8. The number of hydrogen-bond acceptors (Lipinski definition) is 3. The zero-order chi connectivity index (χ0) is 15.8. The predicted octanol–water partition coefficient (Wildman–Crippen LogP) is 2.51. The lowest BCUT2D eigenvalue weighted by Gasteiger charge is -2.27. The molecule has 0 aromatic carbocycles. The zero-order valence-corrected chi connectivity index (χ0v) is 15.0. The first-order valence-electron chi connectivity index (χ1n) is 7.52. The molecule has 0 saturated heterocycles. The van der Waals surface area contributed by atoms with E-state index in [1.54, 1.807) is 13.0 Å². The lowest BCUT2D eigenvalue weighted by Crippen LogP contribution is -2.33. The van der Waals surface area contributed by atoms with Crippen LogP contribution in [0.5, 0.6) is 0 Å². The summed E-state index contributed by atoms with van der Waals surface area (Å²) in [6.45, 7) is 2.60. The summed E-state index contributed by atoms with van der Waals surface area (Å²) in [5.41, 5.74) is 6.74. The number of nitrogens with one attached hydrogen (secondary N) is 2. The Morgan fingerprint density at radius 2 is 2.19 bits per heavy atom. The van der Waals surface area contributed by atoms with E-state index in [0.717, 1.165) is 13.0 Å². The summed E-state index contributed by atoms with van der Waals surface area (Å²) in [5.74, 6) is 2.01. The van der Waals surface area contributed by atoms with Gasteiger partial charge in [0, 0.05) is 19.3 Å². The smallest absolute Gasteiger partial charge is 0.139 e. The highest BCUT2D eigenvalue weighted by molar-refractivity contribution is 14.1. The molecule has 0 bridgehead atoms. The highest BCUT2D eigenvalue weighted by Crippen LogP contribution is 2.58. The molecule has 4 atom stereocenters. The molecule has 4 nitrogen and oxygen atoms in total. The molecule has 0 spiro atoms. The third-order valence-electron chi connectivity index (χ3n) is 4.75. The maximum absolute atomic E-state index is 7.71. The molecule has 2 fully saturated rings. The standard InChI is InChI=1S/C15H24BIN4/c1-9(18)6-13(14(19)20)21(2)8-10-4-3-5-15(16,17)12-7-11(10)12/h6,10-12,18H,3-5,7-8H2,1-2H3,(H3,19,20)/b13-6-,18-9?/t10?,11-,12?,15?/m0/s1. The molecule has 0 aliphatic heterocycles. The molecule has 0 amide bonds. The third-order valence-corrected chi connectivity index (χ3v) is 6.08. The summed E-state index contributed by atoms with van der Waals surface area (Å²) in [7, 11) is 8.38. The fourth-order valence-corrected chi connectivity index (χ4v) is 4.70. The summed E-state index contributed by atoms with van der Waals surface area (Å²) >= 11 is 2.44.